The molecule has 2 aromatic carbocycles. The Hall–Kier alpha value is -3.30. The summed E-state index contributed by atoms with van der Waals surface area (Å²) in [5.41, 5.74) is 2.10. The summed E-state index contributed by atoms with van der Waals surface area (Å²) in [5.74, 6) is 0.940. The van der Waals surface area contributed by atoms with E-state index in [9.17, 15) is 9.59 Å². The first-order chi connectivity index (χ1) is 17.4. The molecule has 1 amide bonds. The molecule has 4 rings (SSSR count). The molecule has 2 heterocycles. The highest BCUT2D eigenvalue weighted by atomic mass is 32.2. The van der Waals surface area contributed by atoms with E-state index in [-0.39, 0.29) is 17.2 Å². The molecule has 0 saturated carbocycles. The van der Waals surface area contributed by atoms with Gasteiger partial charge in [-0.25, -0.2) is 4.68 Å². The minimum atomic E-state index is -0.324. The van der Waals surface area contributed by atoms with Crippen LogP contribution in [0.25, 0.3) is 11.8 Å². The van der Waals surface area contributed by atoms with Crippen LogP contribution in [0.3, 0.4) is 0 Å². The number of thiocarbonyl (C=S) groups is 1. The second-order valence-corrected chi connectivity index (χ2v) is 10.1. The van der Waals surface area contributed by atoms with E-state index in [0.717, 1.165) is 24.8 Å². The van der Waals surface area contributed by atoms with Crippen LogP contribution in [-0.4, -0.2) is 33.3 Å². The molecule has 36 heavy (non-hydrogen) atoms. The van der Waals surface area contributed by atoms with Gasteiger partial charge in [0.1, 0.15) is 5.69 Å². The molecule has 1 aliphatic rings. The third-order valence-electron chi connectivity index (χ3n) is 6.03. The molecule has 0 radical (unpaired) electrons. The number of methoxy groups -OCH3 is 1. The molecular formula is C27H29N3O4S2. The van der Waals surface area contributed by atoms with Crippen molar-refractivity contribution in [3.8, 4) is 17.2 Å². The predicted octanol–water partition coefficient (Wildman–Crippen LogP) is 5.47. The van der Waals surface area contributed by atoms with Crippen LogP contribution in [0.15, 0.2) is 58.2 Å². The first-order valence-electron chi connectivity index (χ1n) is 11.8. The number of hydrogen-bond acceptors (Lipinski definition) is 6. The van der Waals surface area contributed by atoms with Crippen molar-refractivity contribution >= 4 is 46.0 Å². The average molecular weight is 524 g/mol. The Labute approximate surface area is 220 Å². The van der Waals surface area contributed by atoms with E-state index < -0.39 is 0 Å². The number of thioether (sulfide) groups is 1. The molecule has 1 fully saturated rings. The van der Waals surface area contributed by atoms with Crippen LogP contribution in [0.5, 0.6) is 11.5 Å². The molecule has 1 saturated heterocycles. The number of nitrogens with zero attached hydrogens (tertiary/aromatic N) is 3. The van der Waals surface area contributed by atoms with Gasteiger partial charge >= 0.3 is 0 Å². The monoisotopic (exact) mass is 523 g/mol. The number of para-hydroxylation sites is 1. The Morgan fingerprint density at radius 1 is 1.06 bits per heavy atom. The standard InChI is InChI=1S/C27H29N3O4S2/c1-5-6-10-15-34-21-14-13-19(16-22(21)33-4)17-23-25(31)29(27(35)36-23)24-18(2)28(3)30(26(24)32)20-11-8-7-9-12-20/h7-9,11-14,16-17H,5-6,10,15H2,1-4H3/b23-17+. The zero-order valence-electron chi connectivity index (χ0n) is 20.8. The predicted molar refractivity (Wildman–Crippen MR) is 149 cm³/mol. The minimum absolute atomic E-state index is 0.265. The van der Waals surface area contributed by atoms with Gasteiger partial charge in [-0.05, 0) is 49.2 Å². The van der Waals surface area contributed by atoms with Gasteiger partial charge in [-0.3, -0.25) is 19.2 Å². The number of amides is 1. The maximum absolute atomic E-state index is 13.4. The lowest BCUT2D eigenvalue weighted by molar-refractivity contribution is -0.113. The van der Waals surface area contributed by atoms with Crippen molar-refractivity contribution in [1.29, 1.82) is 0 Å². The molecule has 0 aliphatic carbocycles. The quantitative estimate of drug-likeness (QED) is 0.211. The van der Waals surface area contributed by atoms with Crippen molar-refractivity contribution < 1.29 is 14.3 Å². The first kappa shape index (κ1) is 25.8. The lowest BCUT2D eigenvalue weighted by Crippen LogP contribution is -2.33. The van der Waals surface area contributed by atoms with Crippen LogP contribution in [0, 0.1) is 6.92 Å². The summed E-state index contributed by atoms with van der Waals surface area (Å²) in [6, 6.07) is 14.9. The molecular weight excluding hydrogens is 494 g/mol. The van der Waals surface area contributed by atoms with E-state index >= 15 is 0 Å². The summed E-state index contributed by atoms with van der Waals surface area (Å²) < 4.78 is 15.0. The molecule has 0 bridgehead atoms. The molecule has 188 valence electrons. The highest BCUT2D eigenvalue weighted by Gasteiger charge is 2.37. The molecule has 0 atom stereocenters. The van der Waals surface area contributed by atoms with Crippen molar-refractivity contribution in [1.82, 2.24) is 9.36 Å². The van der Waals surface area contributed by atoms with Crippen molar-refractivity contribution in [2.24, 2.45) is 7.05 Å². The van der Waals surface area contributed by atoms with Crippen LogP contribution in [-0.2, 0) is 11.8 Å². The molecule has 1 aliphatic heterocycles. The Bertz CT molecular complexity index is 1380. The second kappa shape index (κ2) is 11.2. The molecule has 9 heteroatoms. The van der Waals surface area contributed by atoms with Gasteiger partial charge in [-0.1, -0.05) is 68.0 Å². The van der Waals surface area contributed by atoms with Crippen LogP contribution < -0.4 is 19.9 Å². The number of rotatable bonds is 9. The van der Waals surface area contributed by atoms with Gasteiger partial charge in [-0.15, -0.1) is 0 Å². The fourth-order valence-corrected chi connectivity index (χ4v) is 5.32. The highest BCUT2D eigenvalue weighted by molar-refractivity contribution is 8.27. The molecule has 0 spiro atoms. The Morgan fingerprint density at radius 2 is 1.81 bits per heavy atom. The van der Waals surface area contributed by atoms with E-state index in [2.05, 4.69) is 6.92 Å². The number of hydrogen-bond donors (Lipinski definition) is 0. The van der Waals surface area contributed by atoms with E-state index in [1.54, 1.807) is 24.9 Å². The zero-order chi connectivity index (χ0) is 25.8. The summed E-state index contributed by atoms with van der Waals surface area (Å²) in [5, 5.41) is 0. The first-order valence-corrected chi connectivity index (χ1v) is 13.0. The molecule has 0 unspecified atom stereocenters. The fraction of sp³-hybridized carbons (Fsp3) is 0.296. The normalized spacial score (nSPS) is 14.7. The Balaban J connectivity index is 1.63. The fourth-order valence-electron chi connectivity index (χ4n) is 4.05. The molecule has 3 aromatic rings. The number of aromatic nitrogens is 2. The second-order valence-electron chi connectivity index (χ2n) is 8.39. The van der Waals surface area contributed by atoms with Gasteiger partial charge in [0.05, 0.1) is 30.0 Å². The largest absolute Gasteiger partial charge is 0.493 e. The van der Waals surface area contributed by atoms with Crippen LogP contribution >= 0.6 is 24.0 Å². The lowest BCUT2D eigenvalue weighted by Gasteiger charge is -2.12. The number of ether oxygens (including phenoxy) is 2. The molecule has 0 N–H and O–H groups in total. The summed E-state index contributed by atoms with van der Waals surface area (Å²) in [6.07, 6.45) is 4.98. The van der Waals surface area contributed by atoms with E-state index in [0.29, 0.717) is 38.7 Å². The van der Waals surface area contributed by atoms with Crippen LogP contribution in [0.2, 0.25) is 0 Å². The van der Waals surface area contributed by atoms with Crippen molar-refractivity contribution in [2.75, 3.05) is 18.6 Å². The topological polar surface area (TPSA) is 65.7 Å². The van der Waals surface area contributed by atoms with E-state index in [4.69, 9.17) is 21.7 Å². The third kappa shape index (κ3) is 4.99. The van der Waals surface area contributed by atoms with Gasteiger partial charge < -0.3 is 9.47 Å². The summed E-state index contributed by atoms with van der Waals surface area (Å²) in [7, 11) is 3.38. The Morgan fingerprint density at radius 3 is 2.50 bits per heavy atom. The maximum atomic E-state index is 13.4. The van der Waals surface area contributed by atoms with E-state index in [1.165, 1.54) is 21.3 Å². The van der Waals surface area contributed by atoms with Crippen molar-refractivity contribution in [2.45, 2.75) is 33.1 Å². The van der Waals surface area contributed by atoms with Crippen LogP contribution in [0.4, 0.5) is 5.69 Å². The van der Waals surface area contributed by atoms with Gasteiger partial charge in [-0.2, -0.15) is 0 Å². The average Bonchev–Trinajstić information content (AvgIpc) is 3.27. The minimum Gasteiger partial charge on any atom is -0.493 e. The maximum Gasteiger partial charge on any atom is 0.296 e. The van der Waals surface area contributed by atoms with Crippen molar-refractivity contribution in [3.05, 3.63) is 75.0 Å². The zero-order valence-corrected chi connectivity index (χ0v) is 22.4. The highest BCUT2D eigenvalue weighted by Crippen LogP contribution is 2.37. The Kier molecular flexibility index (Phi) is 8.01. The number of anilines is 1. The molecule has 1 aromatic heterocycles. The van der Waals surface area contributed by atoms with Crippen molar-refractivity contribution in [3.63, 3.8) is 0 Å². The third-order valence-corrected chi connectivity index (χ3v) is 7.33. The van der Waals surface area contributed by atoms with Gasteiger partial charge in [0, 0.05) is 7.05 Å². The van der Waals surface area contributed by atoms with Gasteiger partial charge in [0.25, 0.3) is 11.5 Å². The number of carbonyl (C=O) groups excluding carboxylic acids is 1. The SMILES string of the molecule is CCCCCOc1ccc(/C=C2/SC(=S)N(c3c(C)n(C)n(-c4ccccc4)c3=O)C2=O)cc1OC. The number of benzene rings is 2. The summed E-state index contributed by atoms with van der Waals surface area (Å²) >= 11 is 6.72. The van der Waals surface area contributed by atoms with Gasteiger partial charge in [0.15, 0.2) is 15.8 Å². The van der Waals surface area contributed by atoms with E-state index in [1.807, 2.05) is 55.5 Å². The van der Waals surface area contributed by atoms with Gasteiger partial charge in [0.2, 0.25) is 0 Å². The number of unbranched alkanes of at least 4 members (excludes halogenated alkanes) is 2. The smallest absolute Gasteiger partial charge is 0.296 e. The lowest BCUT2D eigenvalue weighted by atomic mass is 10.1. The summed E-state index contributed by atoms with van der Waals surface area (Å²) in [4.78, 5) is 28.7. The number of carbonyl (C=O) groups is 1. The molecule has 7 nitrogen and oxygen atoms in total. The summed E-state index contributed by atoms with van der Waals surface area (Å²) in [6.45, 7) is 4.58. The van der Waals surface area contributed by atoms with Crippen LogP contribution in [0.1, 0.15) is 37.4 Å².